The van der Waals surface area contributed by atoms with Gasteiger partial charge < -0.3 is 24.8 Å². The van der Waals surface area contributed by atoms with E-state index in [9.17, 15) is 9.90 Å². The summed E-state index contributed by atoms with van der Waals surface area (Å²) in [6, 6.07) is 8.22. The molecule has 0 radical (unpaired) electrons. The smallest absolute Gasteiger partial charge is 0.255 e. The van der Waals surface area contributed by atoms with E-state index in [0.29, 0.717) is 30.5 Å². The summed E-state index contributed by atoms with van der Waals surface area (Å²) in [7, 11) is 0. The van der Waals surface area contributed by atoms with Gasteiger partial charge >= 0.3 is 0 Å². The number of anilines is 2. The van der Waals surface area contributed by atoms with Crippen LogP contribution < -0.4 is 15.0 Å². The van der Waals surface area contributed by atoms with Gasteiger partial charge in [0.25, 0.3) is 5.91 Å². The van der Waals surface area contributed by atoms with E-state index in [-0.39, 0.29) is 28.0 Å². The van der Waals surface area contributed by atoms with Crippen LogP contribution in [0, 0.1) is 0 Å². The summed E-state index contributed by atoms with van der Waals surface area (Å²) in [4.78, 5) is 14.9. The van der Waals surface area contributed by atoms with E-state index in [0.717, 1.165) is 18.8 Å². The van der Waals surface area contributed by atoms with Crippen molar-refractivity contribution in [1.29, 1.82) is 0 Å². The van der Waals surface area contributed by atoms with Crippen LogP contribution in [0.15, 0.2) is 30.3 Å². The predicted octanol–water partition coefficient (Wildman–Crippen LogP) is 4.19. The van der Waals surface area contributed by atoms with Crippen LogP contribution in [0.25, 0.3) is 0 Å². The molecule has 144 valence electrons. The van der Waals surface area contributed by atoms with Crippen molar-refractivity contribution in [2.24, 2.45) is 0 Å². The lowest BCUT2D eigenvalue weighted by Crippen LogP contribution is -2.36. The fourth-order valence-corrected chi connectivity index (χ4v) is 3.24. The number of morpholine rings is 1. The van der Waals surface area contributed by atoms with E-state index in [1.807, 2.05) is 6.07 Å². The van der Waals surface area contributed by atoms with Gasteiger partial charge in [-0.1, -0.05) is 23.2 Å². The van der Waals surface area contributed by atoms with E-state index < -0.39 is 0 Å². The molecule has 0 spiro atoms. The van der Waals surface area contributed by atoms with Crippen molar-refractivity contribution in [2.45, 2.75) is 6.92 Å². The Morgan fingerprint density at radius 3 is 2.70 bits per heavy atom. The lowest BCUT2D eigenvalue weighted by molar-refractivity contribution is 0.102. The van der Waals surface area contributed by atoms with Crippen molar-refractivity contribution in [3.63, 3.8) is 0 Å². The number of phenolic OH excluding ortho intramolecular Hbond substituents is 1. The molecular weight excluding hydrogens is 391 g/mol. The first-order valence-corrected chi connectivity index (χ1v) is 9.34. The Labute approximate surface area is 167 Å². The van der Waals surface area contributed by atoms with Crippen molar-refractivity contribution in [3.8, 4) is 11.5 Å². The lowest BCUT2D eigenvalue weighted by atomic mass is 10.1. The minimum Gasteiger partial charge on any atom is -0.503 e. The van der Waals surface area contributed by atoms with Gasteiger partial charge in [0.15, 0.2) is 11.5 Å². The molecule has 0 saturated carbocycles. The van der Waals surface area contributed by atoms with Gasteiger partial charge in [-0.25, -0.2) is 0 Å². The number of nitrogens with zero attached hydrogens (tertiary/aromatic N) is 1. The first-order chi connectivity index (χ1) is 13.0. The molecule has 2 aromatic carbocycles. The van der Waals surface area contributed by atoms with Crippen molar-refractivity contribution in [1.82, 2.24) is 0 Å². The summed E-state index contributed by atoms with van der Waals surface area (Å²) in [5, 5.41) is 13.4. The van der Waals surface area contributed by atoms with Crippen LogP contribution >= 0.6 is 23.2 Å². The van der Waals surface area contributed by atoms with Crippen LogP contribution in [-0.2, 0) is 4.74 Å². The Balaban J connectivity index is 1.89. The normalized spacial score (nSPS) is 14.1. The van der Waals surface area contributed by atoms with Crippen LogP contribution in [0.3, 0.4) is 0 Å². The van der Waals surface area contributed by atoms with Crippen molar-refractivity contribution in [3.05, 3.63) is 45.9 Å². The molecule has 0 bridgehead atoms. The molecule has 1 aliphatic heterocycles. The van der Waals surface area contributed by atoms with Crippen molar-refractivity contribution < 1.29 is 19.4 Å². The fraction of sp³-hybridized carbons (Fsp3) is 0.316. The second kappa shape index (κ2) is 8.69. The number of hydrogen-bond acceptors (Lipinski definition) is 5. The van der Waals surface area contributed by atoms with Crippen LogP contribution in [0.5, 0.6) is 11.5 Å². The summed E-state index contributed by atoms with van der Waals surface area (Å²) < 4.78 is 10.7. The van der Waals surface area contributed by atoms with E-state index in [2.05, 4.69) is 10.2 Å². The number of hydrogen-bond donors (Lipinski definition) is 2. The quantitative estimate of drug-likeness (QED) is 0.772. The Hall–Kier alpha value is -2.15. The molecule has 1 aliphatic rings. The zero-order chi connectivity index (χ0) is 19.4. The average Bonchev–Trinajstić information content (AvgIpc) is 2.66. The molecule has 1 heterocycles. The van der Waals surface area contributed by atoms with Gasteiger partial charge in [0.2, 0.25) is 0 Å². The first-order valence-electron chi connectivity index (χ1n) is 8.58. The predicted molar refractivity (Wildman–Crippen MR) is 107 cm³/mol. The van der Waals surface area contributed by atoms with Crippen LogP contribution in [0.1, 0.15) is 17.3 Å². The minimum atomic E-state index is -0.380. The Kier molecular flexibility index (Phi) is 6.31. The van der Waals surface area contributed by atoms with Crippen LogP contribution in [0.4, 0.5) is 11.4 Å². The van der Waals surface area contributed by atoms with E-state index >= 15 is 0 Å². The lowest BCUT2D eigenvalue weighted by Gasteiger charge is -2.30. The largest absolute Gasteiger partial charge is 0.503 e. The molecule has 2 aromatic rings. The molecular formula is C19H20Cl2N2O4. The topological polar surface area (TPSA) is 71.0 Å². The SMILES string of the molecule is CCOc1cc(C(=O)Nc2cc(Cl)ccc2N2CCOCC2)cc(Cl)c1O. The number of carbonyl (C=O) groups excluding carboxylic acids is 1. The molecule has 0 aliphatic carbocycles. The molecule has 2 N–H and O–H groups in total. The summed E-state index contributed by atoms with van der Waals surface area (Å²) in [6.45, 7) is 4.82. The Morgan fingerprint density at radius 1 is 1.26 bits per heavy atom. The van der Waals surface area contributed by atoms with Gasteiger partial charge in [-0.15, -0.1) is 0 Å². The van der Waals surface area contributed by atoms with Gasteiger partial charge in [0.05, 0.1) is 36.2 Å². The number of amides is 1. The Bertz CT molecular complexity index is 839. The summed E-state index contributed by atoms with van der Waals surface area (Å²) in [5.41, 5.74) is 1.73. The summed E-state index contributed by atoms with van der Waals surface area (Å²) >= 11 is 12.2. The van der Waals surface area contributed by atoms with E-state index in [1.54, 1.807) is 19.1 Å². The first kappa shape index (κ1) is 19.6. The van der Waals surface area contributed by atoms with E-state index in [4.69, 9.17) is 32.7 Å². The van der Waals surface area contributed by atoms with Gasteiger partial charge in [0.1, 0.15) is 0 Å². The molecule has 1 amide bonds. The number of halogens is 2. The van der Waals surface area contributed by atoms with Crippen molar-refractivity contribution in [2.75, 3.05) is 43.1 Å². The number of ether oxygens (including phenoxy) is 2. The van der Waals surface area contributed by atoms with Gasteiger partial charge in [-0.05, 0) is 37.3 Å². The van der Waals surface area contributed by atoms with Crippen molar-refractivity contribution >= 4 is 40.5 Å². The second-order valence-corrected chi connectivity index (χ2v) is 6.80. The maximum atomic E-state index is 12.8. The number of carbonyl (C=O) groups is 1. The van der Waals surface area contributed by atoms with Gasteiger partial charge in [0, 0.05) is 23.7 Å². The van der Waals surface area contributed by atoms with Gasteiger partial charge in [-0.2, -0.15) is 0 Å². The standard InChI is InChI=1S/C19H20Cl2N2O4/c1-2-27-17-10-12(9-14(21)18(17)24)19(25)22-15-11-13(20)3-4-16(15)23-5-7-26-8-6-23/h3-4,9-11,24H,2,5-8H2,1H3,(H,22,25). The highest BCUT2D eigenvalue weighted by atomic mass is 35.5. The average molecular weight is 411 g/mol. The zero-order valence-electron chi connectivity index (χ0n) is 14.8. The molecule has 1 fully saturated rings. The highest BCUT2D eigenvalue weighted by Crippen LogP contribution is 2.36. The maximum Gasteiger partial charge on any atom is 0.255 e. The molecule has 1 saturated heterocycles. The van der Waals surface area contributed by atoms with Gasteiger partial charge in [-0.3, -0.25) is 4.79 Å². The molecule has 8 heteroatoms. The Morgan fingerprint density at radius 2 is 2.00 bits per heavy atom. The minimum absolute atomic E-state index is 0.0468. The molecule has 0 unspecified atom stereocenters. The van der Waals surface area contributed by atoms with Crippen LogP contribution in [-0.4, -0.2) is 43.9 Å². The molecule has 0 atom stereocenters. The fourth-order valence-electron chi connectivity index (χ4n) is 2.85. The number of aromatic hydroxyl groups is 1. The number of nitrogens with one attached hydrogen (secondary N) is 1. The second-order valence-electron chi connectivity index (χ2n) is 5.95. The monoisotopic (exact) mass is 410 g/mol. The highest BCUT2D eigenvalue weighted by Gasteiger charge is 2.19. The van der Waals surface area contributed by atoms with Crippen LogP contribution in [0.2, 0.25) is 10.0 Å². The molecule has 27 heavy (non-hydrogen) atoms. The molecule has 3 rings (SSSR count). The summed E-state index contributed by atoms with van der Waals surface area (Å²) in [5.74, 6) is -0.406. The van der Waals surface area contributed by atoms with E-state index in [1.165, 1.54) is 12.1 Å². The third-order valence-corrected chi connectivity index (χ3v) is 4.67. The molecule has 0 aromatic heterocycles. The zero-order valence-corrected chi connectivity index (χ0v) is 16.3. The third kappa shape index (κ3) is 4.58. The number of phenols is 1. The number of benzene rings is 2. The third-order valence-electron chi connectivity index (χ3n) is 4.15. The maximum absolute atomic E-state index is 12.8. The highest BCUT2D eigenvalue weighted by molar-refractivity contribution is 6.33. The summed E-state index contributed by atoms with van der Waals surface area (Å²) in [6.07, 6.45) is 0. The number of rotatable bonds is 5. The molecule has 6 nitrogen and oxygen atoms in total.